The molecule has 4 rings (SSSR count). The van der Waals surface area contributed by atoms with Crippen LogP contribution in [0.3, 0.4) is 0 Å². The normalized spacial score (nSPS) is 17.1. The molecule has 8 heteroatoms. The summed E-state index contributed by atoms with van der Waals surface area (Å²) in [7, 11) is 1.63. The first kappa shape index (κ1) is 18.5. The summed E-state index contributed by atoms with van der Waals surface area (Å²) >= 11 is 0. The summed E-state index contributed by atoms with van der Waals surface area (Å²) in [6.07, 6.45) is 7.44. The molecule has 1 aliphatic heterocycles. The van der Waals surface area contributed by atoms with Crippen molar-refractivity contribution < 1.29 is 14.0 Å². The molecule has 3 aromatic rings. The van der Waals surface area contributed by atoms with E-state index in [1.54, 1.807) is 13.3 Å². The van der Waals surface area contributed by atoms with E-state index in [0.29, 0.717) is 30.8 Å². The summed E-state index contributed by atoms with van der Waals surface area (Å²) < 4.78 is 16.2. The molecule has 0 bridgehead atoms. The van der Waals surface area contributed by atoms with Crippen LogP contribution in [0.2, 0.25) is 0 Å². The molecule has 4 heterocycles. The van der Waals surface area contributed by atoms with Gasteiger partial charge in [0.25, 0.3) is 0 Å². The Kier molecular flexibility index (Phi) is 5.89. The van der Waals surface area contributed by atoms with Crippen LogP contribution in [-0.4, -0.2) is 51.9 Å². The lowest BCUT2D eigenvalue weighted by Crippen LogP contribution is -2.23. The van der Waals surface area contributed by atoms with Crippen LogP contribution in [0.1, 0.15) is 30.3 Å². The fraction of sp³-hybridized carbons (Fsp3) is 0.400. The molecule has 1 aliphatic rings. The molecule has 28 heavy (non-hydrogen) atoms. The molecule has 0 aromatic carbocycles. The number of aromatic nitrogens is 4. The van der Waals surface area contributed by atoms with E-state index in [-0.39, 0.29) is 6.04 Å². The topological polar surface area (TPSA) is 86.4 Å². The van der Waals surface area contributed by atoms with E-state index >= 15 is 0 Å². The van der Waals surface area contributed by atoms with Gasteiger partial charge in [-0.2, -0.15) is 4.98 Å². The van der Waals surface area contributed by atoms with E-state index in [0.717, 1.165) is 31.5 Å². The minimum absolute atomic E-state index is 0.133. The Balaban J connectivity index is 1.47. The molecule has 0 amide bonds. The van der Waals surface area contributed by atoms with Crippen molar-refractivity contribution in [2.75, 3.05) is 26.9 Å². The molecule has 8 nitrogen and oxygen atoms in total. The quantitative estimate of drug-likeness (QED) is 0.551. The smallest absolute Gasteiger partial charge is 0.244 e. The fourth-order valence-electron chi connectivity index (χ4n) is 3.36. The van der Waals surface area contributed by atoms with Crippen molar-refractivity contribution in [1.82, 2.24) is 25.0 Å². The number of hydrogen-bond acceptors (Lipinski definition) is 8. The van der Waals surface area contributed by atoms with Gasteiger partial charge in [-0.3, -0.25) is 9.88 Å². The average Bonchev–Trinajstić information content (AvgIpc) is 3.39. The van der Waals surface area contributed by atoms with Gasteiger partial charge in [-0.15, -0.1) is 0 Å². The Morgan fingerprint density at radius 3 is 2.93 bits per heavy atom. The van der Waals surface area contributed by atoms with Crippen LogP contribution in [-0.2, 0) is 11.3 Å². The third-order valence-electron chi connectivity index (χ3n) is 4.76. The number of pyridine rings is 2. The van der Waals surface area contributed by atoms with E-state index in [2.05, 4.69) is 25.0 Å². The molecule has 0 spiro atoms. The number of ether oxygens (including phenoxy) is 2. The Morgan fingerprint density at radius 2 is 2.07 bits per heavy atom. The molecule has 1 atom stereocenters. The van der Waals surface area contributed by atoms with Gasteiger partial charge in [-0.25, -0.2) is 4.98 Å². The zero-order chi connectivity index (χ0) is 19.2. The maximum atomic E-state index is 5.61. The van der Waals surface area contributed by atoms with E-state index in [1.165, 1.54) is 5.56 Å². The first-order valence-corrected chi connectivity index (χ1v) is 9.38. The predicted octanol–water partition coefficient (Wildman–Crippen LogP) is 2.89. The zero-order valence-corrected chi connectivity index (χ0v) is 15.8. The summed E-state index contributed by atoms with van der Waals surface area (Å²) in [4.78, 5) is 15.3. The van der Waals surface area contributed by atoms with Crippen molar-refractivity contribution in [3.05, 3.63) is 54.3 Å². The lowest BCUT2D eigenvalue weighted by Gasteiger charge is -2.21. The zero-order valence-electron chi connectivity index (χ0n) is 15.8. The summed E-state index contributed by atoms with van der Waals surface area (Å²) in [5, 5.41) is 4.18. The molecular weight excluding hydrogens is 358 g/mol. The largest absolute Gasteiger partial charge is 0.475 e. The standard InChI is InChI=1S/C20H23N5O3/c1-26-11-12-27-18-13-16(6-9-22-18)19-23-20(28-24-19)17-3-2-10-25(17)14-15-4-7-21-8-5-15/h4-9,13,17H,2-3,10-12,14H2,1H3. The van der Waals surface area contributed by atoms with Crippen molar-refractivity contribution in [1.29, 1.82) is 0 Å². The average molecular weight is 381 g/mol. The SMILES string of the molecule is COCCOc1cc(-c2noc(C3CCCN3Cc3ccncc3)n2)ccn1. The van der Waals surface area contributed by atoms with Crippen molar-refractivity contribution in [3.63, 3.8) is 0 Å². The van der Waals surface area contributed by atoms with Crippen LogP contribution in [0.4, 0.5) is 0 Å². The number of rotatable bonds is 8. The van der Waals surface area contributed by atoms with Crippen LogP contribution in [0.25, 0.3) is 11.4 Å². The Labute approximate surface area is 163 Å². The number of likely N-dealkylation sites (tertiary alicyclic amines) is 1. The number of methoxy groups -OCH3 is 1. The fourth-order valence-corrected chi connectivity index (χ4v) is 3.36. The molecule has 0 aliphatic carbocycles. The lowest BCUT2D eigenvalue weighted by atomic mass is 10.2. The summed E-state index contributed by atoms with van der Waals surface area (Å²) in [5.41, 5.74) is 2.05. The first-order valence-electron chi connectivity index (χ1n) is 9.38. The predicted molar refractivity (Wildman–Crippen MR) is 102 cm³/mol. The van der Waals surface area contributed by atoms with Crippen molar-refractivity contribution >= 4 is 0 Å². The molecule has 0 N–H and O–H groups in total. The van der Waals surface area contributed by atoms with Crippen LogP contribution < -0.4 is 4.74 Å². The molecule has 1 fully saturated rings. The Bertz CT molecular complexity index is 886. The molecule has 1 unspecified atom stereocenters. The number of nitrogens with zero attached hydrogens (tertiary/aromatic N) is 5. The van der Waals surface area contributed by atoms with Gasteiger partial charge in [-0.1, -0.05) is 5.16 Å². The van der Waals surface area contributed by atoms with Crippen molar-refractivity contribution in [2.45, 2.75) is 25.4 Å². The van der Waals surface area contributed by atoms with Gasteiger partial charge < -0.3 is 14.0 Å². The monoisotopic (exact) mass is 381 g/mol. The van der Waals surface area contributed by atoms with Gasteiger partial charge in [0.1, 0.15) is 6.61 Å². The van der Waals surface area contributed by atoms with Gasteiger partial charge in [0.15, 0.2) is 0 Å². The molecule has 3 aromatic heterocycles. The molecule has 1 saturated heterocycles. The van der Waals surface area contributed by atoms with Crippen LogP contribution in [0.5, 0.6) is 5.88 Å². The first-order chi connectivity index (χ1) is 13.8. The van der Waals surface area contributed by atoms with E-state index in [4.69, 9.17) is 14.0 Å². The van der Waals surface area contributed by atoms with E-state index < -0.39 is 0 Å². The second-order valence-corrected chi connectivity index (χ2v) is 6.66. The molecule has 0 saturated carbocycles. The highest BCUT2D eigenvalue weighted by Crippen LogP contribution is 2.33. The maximum absolute atomic E-state index is 5.61. The highest BCUT2D eigenvalue weighted by Gasteiger charge is 2.30. The summed E-state index contributed by atoms with van der Waals surface area (Å²) in [5.74, 6) is 1.71. The van der Waals surface area contributed by atoms with Gasteiger partial charge in [0.2, 0.25) is 17.6 Å². The van der Waals surface area contributed by atoms with Gasteiger partial charge >= 0.3 is 0 Å². The maximum Gasteiger partial charge on any atom is 0.244 e. The Hall–Kier alpha value is -2.84. The van der Waals surface area contributed by atoms with E-state index in [1.807, 2.05) is 36.7 Å². The van der Waals surface area contributed by atoms with Gasteiger partial charge in [0.05, 0.1) is 12.6 Å². The van der Waals surface area contributed by atoms with Gasteiger partial charge in [-0.05, 0) is 43.1 Å². The molecule has 146 valence electrons. The molecule has 0 radical (unpaired) electrons. The highest BCUT2D eigenvalue weighted by atomic mass is 16.5. The highest BCUT2D eigenvalue weighted by molar-refractivity contribution is 5.55. The van der Waals surface area contributed by atoms with Crippen LogP contribution in [0.15, 0.2) is 47.4 Å². The number of hydrogen-bond donors (Lipinski definition) is 0. The minimum Gasteiger partial charge on any atom is -0.475 e. The van der Waals surface area contributed by atoms with Gasteiger partial charge in [0, 0.05) is 43.9 Å². The summed E-state index contributed by atoms with van der Waals surface area (Å²) in [6.45, 7) is 2.80. The van der Waals surface area contributed by atoms with E-state index in [9.17, 15) is 0 Å². The van der Waals surface area contributed by atoms with Crippen molar-refractivity contribution in [3.8, 4) is 17.3 Å². The molecular formula is C20H23N5O3. The Morgan fingerprint density at radius 1 is 1.18 bits per heavy atom. The third kappa shape index (κ3) is 4.35. The lowest BCUT2D eigenvalue weighted by molar-refractivity contribution is 0.144. The van der Waals surface area contributed by atoms with Crippen molar-refractivity contribution in [2.24, 2.45) is 0 Å². The minimum atomic E-state index is 0.133. The van der Waals surface area contributed by atoms with Crippen LogP contribution >= 0.6 is 0 Å². The third-order valence-corrected chi connectivity index (χ3v) is 4.76. The second-order valence-electron chi connectivity index (χ2n) is 6.66. The summed E-state index contributed by atoms with van der Waals surface area (Å²) in [6, 6.07) is 7.87. The second kappa shape index (κ2) is 8.90. The van der Waals surface area contributed by atoms with Crippen LogP contribution in [0, 0.1) is 0 Å².